The number of pyridine rings is 1. The summed E-state index contributed by atoms with van der Waals surface area (Å²) in [6.07, 6.45) is 9.20. The summed E-state index contributed by atoms with van der Waals surface area (Å²) in [5, 5.41) is 16.9. The number of nitrogens with zero attached hydrogens (tertiary/aromatic N) is 3. The molecule has 2 N–H and O–H groups in total. The molecule has 174 valence electrons. The number of benzene rings is 2. The highest BCUT2D eigenvalue weighted by Gasteiger charge is 2.29. The highest BCUT2D eigenvalue weighted by atomic mass is 15.2. The van der Waals surface area contributed by atoms with Crippen LogP contribution in [0.3, 0.4) is 0 Å². The van der Waals surface area contributed by atoms with Crippen molar-refractivity contribution in [2.24, 2.45) is 0 Å². The Balaban J connectivity index is 1.24. The van der Waals surface area contributed by atoms with Gasteiger partial charge in [0.05, 0.1) is 11.6 Å². The molecule has 3 atom stereocenters. The molecule has 1 saturated heterocycles. The summed E-state index contributed by atoms with van der Waals surface area (Å²) < 4.78 is 0. The van der Waals surface area contributed by atoms with Gasteiger partial charge in [0.2, 0.25) is 0 Å². The fraction of sp³-hybridized carbons (Fsp3) is 0.379. The molecular formula is C29H33N5. The first-order chi connectivity index (χ1) is 16.8. The van der Waals surface area contributed by atoms with E-state index in [-0.39, 0.29) is 0 Å². The molecule has 0 amide bonds. The number of hydrogen-bond acceptors (Lipinski definition) is 5. The highest BCUT2D eigenvalue weighted by Crippen LogP contribution is 2.27. The minimum absolute atomic E-state index is 0.387. The predicted molar refractivity (Wildman–Crippen MR) is 139 cm³/mol. The second-order valence-electron chi connectivity index (χ2n) is 9.55. The Morgan fingerprint density at radius 2 is 1.65 bits per heavy atom. The van der Waals surface area contributed by atoms with E-state index in [2.05, 4.69) is 81.2 Å². The molecular weight excluding hydrogens is 418 g/mol. The number of nitriles is 1. The molecule has 5 heteroatoms. The molecule has 1 aliphatic heterocycles. The SMILES string of the molecule is N#Cc1ccc(N2CCCC(NC3CCCCC3Nc3cc(-c4ccccc4)ccn3)C2)cc1. The first-order valence-corrected chi connectivity index (χ1v) is 12.6. The van der Waals surface area contributed by atoms with Gasteiger partial charge in [0.15, 0.2) is 0 Å². The molecule has 3 aromatic rings. The maximum absolute atomic E-state index is 9.08. The van der Waals surface area contributed by atoms with Gasteiger partial charge >= 0.3 is 0 Å². The summed E-state index contributed by atoms with van der Waals surface area (Å²) in [4.78, 5) is 7.09. The van der Waals surface area contributed by atoms with Gasteiger partial charge in [-0.1, -0.05) is 43.2 Å². The van der Waals surface area contributed by atoms with Gasteiger partial charge in [0.1, 0.15) is 5.82 Å². The lowest BCUT2D eigenvalue weighted by Gasteiger charge is -2.40. The molecule has 5 rings (SSSR count). The van der Waals surface area contributed by atoms with Gasteiger partial charge in [-0.05, 0) is 73.2 Å². The van der Waals surface area contributed by atoms with Crippen LogP contribution in [0.15, 0.2) is 72.9 Å². The maximum atomic E-state index is 9.08. The van der Waals surface area contributed by atoms with Crippen molar-refractivity contribution in [1.29, 1.82) is 5.26 Å². The molecule has 2 aromatic carbocycles. The molecule has 0 bridgehead atoms. The van der Waals surface area contributed by atoms with E-state index in [0.29, 0.717) is 18.1 Å². The summed E-state index contributed by atoms with van der Waals surface area (Å²) in [7, 11) is 0. The summed E-state index contributed by atoms with van der Waals surface area (Å²) in [5.41, 5.74) is 4.35. The van der Waals surface area contributed by atoms with Crippen LogP contribution in [0.2, 0.25) is 0 Å². The standard InChI is InChI=1S/C29H33N5/c30-20-22-12-14-26(15-13-22)34-18-6-9-25(21-34)32-27-10-4-5-11-28(27)33-29-19-24(16-17-31-29)23-7-2-1-3-8-23/h1-3,7-8,12-17,19,25,27-28,32H,4-6,9-11,18,21H2,(H,31,33). The lowest BCUT2D eigenvalue weighted by Crippen LogP contribution is -2.54. The van der Waals surface area contributed by atoms with E-state index in [1.165, 1.54) is 55.3 Å². The number of aromatic nitrogens is 1. The van der Waals surface area contributed by atoms with Crippen LogP contribution < -0.4 is 15.5 Å². The van der Waals surface area contributed by atoms with Gasteiger partial charge in [0, 0.05) is 43.1 Å². The first kappa shape index (κ1) is 22.4. The van der Waals surface area contributed by atoms with E-state index in [1.807, 2.05) is 18.3 Å². The first-order valence-electron chi connectivity index (χ1n) is 12.6. The zero-order valence-electron chi connectivity index (χ0n) is 19.7. The quantitative estimate of drug-likeness (QED) is 0.511. The maximum Gasteiger partial charge on any atom is 0.126 e. The Morgan fingerprint density at radius 1 is 0.853 bits per heavy atom. The van der Waals surface area contributed by atoms with Gasteiger partial charge in [-0.15, -0.1) is 0 Å². The topological polar surface area (TPSA) is 64.0 Å². The van der Waals surface area contributed by atoms with Crippen molar-refractivity contribution < 1.29 is 0 Å². The van der Waals surface area contributed by atoms with Crippen molar-refractivity contribution in [1.82, 2.24) is 10.3 Å². The summed E-state index contributed by atoms with van der Waals surface area (Å²) in [6, 6.07) is 26.3. The number of hydrogen-bond donors (Lipinski definition) is 2. The number of nitrogens with one attached hydrogen (secondary N) is 2. The van der Waals surface area contributed by atoms with E-state index < -0.39 is 0 Å². The molecule has 3 unspecified atom stereocenters. The Kier molecular flexibility index (Phi) is 7.07. The highest BCUT2D eigenvalue weighted by molar-refractivity contribution is 5.66. The predicted octanol–water partition coefficient (Wildman–Crippen LogP) is 5.60. The molecule has 34 heavy (non-hydrogen) atoms. The molecule has 2 heterocycles. The minimum atomic E-state index is 0.387. The van der Waals surface area contributed by atoms with Gasteiger partial charge < -0.3 is 15.5 Å². The lowest BCUT2D eigenvalue weighted by molar-refractivity contribution is 0.293. The van der Waals surface area contributed by atoms with Crippen molar-refractivity contribution >= 4 is 11.5 Å². The Morgan fingerprint density at radius 3 is 2.44 bits per heavy atom. The zero-order chi connectivity index (χ0) is 23.2. The summed E-state index contributed by atoms with van der Waals surface area (Å²) in [5.74, 6) is 0.961. The van der Waals surface area contributed by atoms with Gasteiger partial charge in [0.25, 0.3) is 0 Å². The van der Waals surface area contributed by atoms with Crippen molar-refractivity contribution in [2.75, 3.05) is 23.3 Å². The Labute approximate surface area is 202 Å². The third-order valence-electron chi connectivity index (χ3n) is 7.20. The van der Waals surface area contributed by atoms with Gasteiger partial charge in [-0.2, -0.15) is 5.26 Å². The summed E-state index contributed by atoms with van der Waals surface area (Å²) >= 11 is 0. The molecule has 0 radical (unpaired) electrons. The van der Waals surface area contributed by atoms with Crippen LogP contribution in [0.5, 0.6) is 0 Å². The second-order valence-corrected chi connectivity index (χ2v) is 9.55. The van der Waals surface area contributed by atoms with Crippen molar-refractivity contribution in [3.63, 3.8) is 0 Å². The molecule has 0 spiro atoms. The zero-order valence-corrected chi connectivity index (χ0v) is 19.7. The smallest absolute Gasteiger partial charge is 0.126 e. The van der Waals surface area contributed by atoms with E-state index in [1.54, 1.807) is 0 Å². The third-order valence-corrected chi connectivity index (χ3v) is 7.20. The average molecular weight is 452 g/mol. The lowest BCUT2D eigenvalue weighted by atomic mass is 9.89. The summed E-state index contributed by atoms with van der Waals surface area (Å²) in [6.45, 7) is 2.09. The third kappa shape index (κ3) is 5.40. The number of rotatable bonds is 6. The van der Waals surface area contributed by atoms with Crippen LogP contribution in [0.4, 0.5) is 11.5 Å². The van der Waals surface area contributed by atoms with Crippen molar-refractivity contribution in [2.45, 2.75) is 56.7 Å². The monoisotopic (exact) mass is 451 g/mol. The van der Waals surface area contributed by atoms with Gasteiger partial charge in [-0.3, -0.25) is 0 Å². The normalized spacial score (nSPS) is 22.7. The van der Waals surface area contributed by atoms with E-state index >= 15 is 0 Å². The van der Waals surface area contributed by atoms with Crippen molar-refractivity contribution in [3.05, 3.63) is 78.5 Å². The van der Waals surface area contributed by atoms with Crippen LogP contribution in [-0.2, 0) is 0 Å². The number of anilines is 2. The Bertz CT molecular complexity index is 1110. The van der Waals surface area contributed by atoms with Crippen LogP contribution >= 0.6 is 0 Å². The van der Waals surface area contributed by atoms with E-state index in [9.17, 15) is 0 Å². The minimum Gasteiger partial charge on any atom is -0.370 e. The fourth-order valence-corrected chi connectivity index (χ4v) is 5.41. The fourth-order valence-electron chi connectivity index (χ4n) is 5.41. The molecule has 1 aromatic heterocycles. The van der Waals surface area contributed by atoms with E-state index in [0.717, 1.165) is 24.5 Å². The Hall–Kier alpha value is -3.36. The molecule has 2 fully saturated rings. The largest absolute Gasteiger partial charge is 0.370 e. The molecule has 1 saturated carbocycles. The second kappa shape index (κ2) is 10.7. The van der Waals surface area contributed by atoms with E-state index in [4.69, 9.17) is 5.26 Å². The van der Waals surface area contributed by atoms with Crippen LogP contribution in [0.25, 0.3) is 11.1 Å². The van der Waals surface area contributed by atoms with Crippen LogP contribution in [-0.4, -0.2) is 36.2 Å². The van der Waals surface area contributed by atoms with Crippen molar-refractivity contribution in [3.8, 4) is 17.2 Å². The molecule has 2 aliphatic rings. The van der Waals surface area contributed by atoms with Gasteiger partial charge in [-0.25, -0.2) is 4.98 Å². The molecule has 1 aliphatic carbocycles. The molecule has 5 nitrogen and oxygen atoms in total. The van der Waals surface area contributed by atoms with Crippen LogP contribution in [0, 0.1) is 11.3 Å². The van der Waals surface area contributed by atoms with Crippen LogP contribution in [0.1, 0.15) is 44.1 Å². The number of piperidine rings is 1. The average Bonchev–Trinajstić information content (AvgIpc) is 2.91.